The molecule has 0 saturated heterocycles. The van der Waals surface area contributed by atoms with Gasteiger partial charge in [-0.1, -0.05) is 23.7 Å². The number of hydrogen-bond donors (Lipinski definition) is 2. The zero-order valence-electron chi connectivity index (χ0n) is 9.67. The van der Waals surface area contributed by atoms with Crippen LogP contribution in [0.25, 0.3) is 0 Å². The molecule has 2 N–H and O–H groups in total. The van der Waals surface area contributed by atoms with Crippen LogP contribution in [0.3, 0.4) is 0 Å². The summed E-state index contributed by atoms with van der Waals surface area (Å²) in [5.41, 5.74) is -0.215. The summed E-state index contributed by atoms with van der Waals surface area (Å²) in [6.07, 6.45) is -5.88. The van der Waals surface area contributed by atoms with E-state index in [-0.39, 0.29) is 10.6 Å². The first-order valence-electron chi connectivity index (χ1n) is 5.16. The summed E-state index contributed by atoms with van der Waals surface area (Å²) in [6.45, 7) is 0. The Bertz CT molecular complexity index is 533. The van der Waals surface area contributed by atoms with Gasteiger partial charge in [-0.3, -0.25) is 4.79 Å². The van der Waals surface area contributed by atoms with Gasteiger partial charge >= 0.3 is 18.1 Å². The Morgan fingerprint density at radius 2 is 1.95 bits per heavy atom. The number of amides is 1. The Hall–Kier alpha value is -1.83. The number of rotatable bonds is 4. The second kappa shape index (κ2) is 6.08. The van der Waals surface area contributed by atoms with Gasteiger partial charge < -0.3 is 10.4 Å². The molecule has 0 heterocycles. The summed E-state index contributed by atoms with van der Waals surface area (Å²) < 4.78 is 49.7. The fourth-order valence-corrected chi connectivity index (χ4v) is 1.56. The number of carboxylic acids is 1. The topological polar surface area (TPSA) is 66.4 Å². The standard InChI is InChI=1S/C11H8ClF4NO3/c12-6-3-1-2-5(8(6)13)4-7(9(18)19)17-10(20)11(14,15)16/h1-3,7H,4H2,(H,17,20)(H,18,19). The maximum absolute atomic E-state index is 13.5. The minimum absolute atomic E-state index is 0.215. The van der Waals surface area contributed by atoms with E-state index < -0.39 is 36.3 Å². The van der Waals surface area contributed by atoms with Crippen molar-refractivity contribution in [2.45, 2.75) is 18.6 Å². The predicted octanol–water partition coefficient (Wildman–Crippen LogP) is 2.15. The molecule has 1 unspecified atom stereocenters. The second-order valence-electron chi connectivity index (χ2n) is 3.78. The van der Waals surface area contributed by atoms with Gasteiger partial charge in [-0.2, -0.15) is 13.2 Å². The molecule has 0 spiro atoms. The van der Waals surface area contributed by atoms with E-state index in [1.165, 1.54) is 17.4 Å². The first-order valence-corrected chi connectivity index (χ1v) is 5.54. The van der Waals surface area contributed by atoms with Crippen molar-refractivity contribution in [2.24, 2.45) is 0 Å². The average molecular weight is 314 g/mol. The van der Waals surface area contributed by atoms with Crippen molar-refractivity contribution in [1.82, 2.24) is 5.32 Å². The molecular weight excluding hydrogens is 306 g/mol. The largest absolute Gasteiger partial charge is 0.480 e. The molecule has 20 heavy (non-hydrogen) atoms. The van der Waals surface area contributed by atoms with E-state index in [4.69, 9.17) is 16.7 Å². The van der Waals surface area contributed by atoms with Crippen molar-refractivity contribution in [2.75, 3.05) is 0 Å². The number of halogens is 5. The molecule has 1 amide bonds. The minimum Gasteiger partial charge on any atom is -0.480 e. The molecule has 9 heteroatoms. The molecule has 1 rings (SSSR count). The van der Waals surface area contributed by atoms with Gasteiger partial charge in [-0.25, -0.2) is 9.18 Å². The predicted molar refractivity (Wildman–Crippen MR) is 60.7 cm³/mol. The lowest BCUT2D eigenvalue weighted by Gasteiger charge is -2.16. The molecule has 0 aliphatic carbocycles. The minimum atomic E-state index is -5.22. The van der Waals surface area contributed by atoms with Crippen LogP contribution in [0.2, 0.25) is 5.02 Å². The Kier molecular flexibility index (Phi) is 4.93. The van der Waals surface area contributed by atoms with Crippen molar-refractivity contribution in [3.63, 3.8) is 0 Å². The van der Waals surface area contributed by atoms with Crippen LogP contribution in [0, 0.1) is 5.82 Å². The summed E-state index contributed by atoms with van der Waals surface area (Å²) >= 11 is 5.47. The Labute approximate surface area is 115 Å². The van der Waals surface area contributed by atoms with Crippen LogP contribution >= 0.6 is 11.6 Å². The van der Waals surface area contributed by atoms with Crippen LogP contribution in [0.5, 0.6) is 0 Å². The maximum Gasteiger partial charge on any atom is 0.471 e. The fourth-order valence-electron chi connectivity index (χ4n) is 1.37. The highest BCUT2D eigenvalue weighted by atomic mass is 35.5. The number of nitrogens with one attached hydrogen (secondary N) is 1. The quantitative estimate of drug-likeness (QED) is 0.837. The van der Waals surface area contributed by atoms with Crippen molar-refractivity contribution in [3.8, 4) is 0 Å². The Balaban J connectivity index is 2.91. The number of hydrogen-bond acceptors (Lipinski definition) is 2. The van der Waals surface area contributed by atoms with E-state index >= 15 is 0 Å². The Morgan fingerprint density at radius 1 is 1.35 bits per heavy atom. The highest BCUT2D eigenvalue weighted by Crippen LogP contribution is 2.20. The number of carbonyl (C=O) groups is 2. The van der Waals surface area contributed by atoms with E-state index in [0.29, 0.717) is 0 Å². The van der Waals surface area contributed by atoms with E-state index in [0.717, 1.165) is 6.07 Å². The van der Waals surface area contributed by atoms with Crippen LogP contribution in [-0.4, -0.2) is 29.2 Å². The summed E-state index contributed by atoms with van der Waals surface area (Å²) in [7, 11) is 0. The van der Waals surface area contributed by atoms with Gasteiger partial charge in [0.05, 0.1) is 5.02 Å². The maximum atomic E-state index is 13.5. The summed E-state index contributed by atoms with van der Waals surface area (Å²) in [5.74, 6) is -5.07. The number of aliphatic carboxylic acids is 1. The van der Waals surface area contributed by atoms with Gasteiger partial charge in [0, 0.05) is 6.42 Å². The third-order valence-corrected chi connectivity index (χ3v) is 2.61. The van der Waals surface area contributed by atoms with Gasteiger partial charge in [-0.15, -0.1) is 0 Å². The number of carboxylic acid groups (broad SMARTS) is 1. The number of alkyl halides is 3. The van der Waals surface area contributed by atoms with Crippen molar-refractivity contribution < 1.29 is 32.3 Å². The molecule has 1 aromatic rings. The monoisotopic (exact) mass is 313 g/mol. The zero-order valence-corrected chi connectivity index (χ0v) is 10.4. The van der Waals surface area contributed by atoms with Crippen molar-refractivity contribution >= 4 is 23.5 Å². The molecule has 110 valence electrons. The van der Waals surface area contributed by atoms with Crippen LogP contribution in [0.4, 0.5) is 17.6 Å². The lowest BCUT2D eigenvalue weighted by molar-refractivity contribution is -0.175. The molecule has 0 aliphatic rings. The molecular formula is C11H8ClF4NO3. The molecule has 4 nitrogen and oxygen atoms in total. The van der Waals surface area contributed by atoms with Crippen LogP contribution in [0.15, 0.2) is 18.2 Å². The zero-order chi connectivity index (χ0) is 15.5. The summed E-state index contributed by atoms with van der Waals surface area (Å²) in [5, 5.41) is 9.75. The highest BCUT2D eigenvalue weighted by molar-refractivity contribution is 6.30. The van der Waals surface area contributed by atoms with Crippen LogP contribution < -0.4 is 5.32 Å². The summed E-state index contributed by atoms with van der Waals surface area (Å²) in [4.78, 5) is 21.5. The SMILES string of the molecule is O=C(O)C(Cc1cccc(Cl)c1F)NC(=O)C(F)(F)F. The van der Waals surface area contributed by atoms with Gasteiger partial charge in [-0.05, 0) is 11.6 Å². The van der Waals surface area contributed by atoms with E-state index in [2.05, 4.69) is 0 Å². The average Bonchev–Trinajstić information content (AvgIpc) is 2.32. The molecule has 1 aromatic carbocycles. The smallest absolute Gasteiger partial charge is 0.471 e. The van der Waals surface area contributed by atoms with E-state index in [1.807, 2.05) is 0 Å². The molecule has 1 atom stereocenters. The number of benzene rings is 1. The molecule has 0 radical (unpaired) electrons. The summed E-state index contributed by atoms with van der Waals surface area (Å²) in [6, 6.07) is 1.75. The normalized spacial score (nSPS) is 12.8. The van der Waals surface area contributed by atoms with Gasteiger partial charge in [0.25, 0.3) is 0 Å². The lowest BCUT2D eigenvalue weighted by atomic mass is 10.1. The van der Waals surface area contributed by atoms with Gasteiger partial charge in [0.1, 0.15) is 11.9 Å². The van der Waals surface area contributed by atoms with Crippen LogP contribution in [0.1, 0.15) is 5.56 Å². The van der Waals surface area contributed by atoms with Gasteiger partial charge in [0.15, 0.2) is 0 Å². The molecule has 0 aromatic heterocycles. The first kappa shape index (κ1) is 16.2. The lowest BCUT2D eigenvalue weighted by Crippen LogP contribution is -2.48. The second-order valence-corrected chi connectivity index (χ2v) is 4.19. The van der Waals surface area contributed by atoms with Crippen LogP contribution in [-0.2, 0) is 16.0 Å². The fraction of sp³-hybridized carbons (Fsp3) is 0.273. The molecule has 0 fully saturated rings. The van der Waals surface area contributed by atoms with Crippen molar-refractivity contribution in [3.05, 3.63) is 34.6 Å². The Morgan fingerprint density at radius 3 is 2.45 bits per heavy atom. The number of carbonyl (C=O) groups excluding carboxylic acids is 1. The highest BCUT2D eigenvalue weighted by Gasteiger charge is 2.41. The van der Waals surface area contributed by atoms with E-state index in [9.17, 15) is 27.2 Å². The molecule has 0 aliphatic heterocycles. The third-order valence-electron chi connectivity index (χ3n) is 2.32. The van der Waals surface area contributed by atoms with Gasteiger partial charge in [0.2, 0.25) is 0 Å². The van der Waals surface area contributed by atoms with E-state index in [1.54, 1.807) is 0 Å². The first-order chi connectivity index (χ1) is 9.12. The molecule has 0 saturated carbocycles. The molecule has 0 bridgehead atoms. The van der Waals surface area contributed by atoms with Crippen molar-refractivity contribution in [1.29, 1.82) is 0 Å². The third kappa shape index (κ3) is 4.09.